The molecule has 6 nitrogen and oxygen atoms in total. The number of pyridine rings is 1. The molecule has 1 N–H and O–H groups in total. The van der Waals surface area contributed by atoms with Crippen LogP contribution in [0.5, 0.6) is 0 Å². The Kier molecular flexibility index (Phi) is 6.61. The lowest BCUT2D eigenvalue weighted by molar-refractivity contribution is 0.0946. The fraction of sp³-hybridized carbons (Fsp3) is 0.571. The average molecular weight is 370 g/mol. The van der Waals surface area contributed by atoms with Crippen LogP contribution >= 0.6 is 0 Å². The van der Waals surface area contributed by atoms with Crippen LogP contribution in [0.3, 0.4) is 0 Å². The van der Waals surface area contributed by atoms with Crippen molar-refractivity contribution in [3.63, 3.8) is 0 Å². The largest absolute Gasteiger partial charge is 0.352 e. The minimum atomic E-state index is -0.0468. The molecule has 3 heterocycles. The van der Waals surface area contributed by atoms with E-state index in [1.54, 1.807) is 17.1 Å². The van der Waals surface area contributed by atoms with Gasteiger partial charge in [0.25, 0.3) is 5.91 Å². The Balaban J connectivity index is 1.53. The molecule has 3 rings (SSSR count). The number of hydrogen-bond donors (Lipinski definition) is 1. The van der Waals surface area contributed by atoms with Gasteiger partial charge in [0.1, 0.15) is 0 Å². The fourth-order valence-electron chi connectivity index (χ4n) is 4.15. The SMILES string of the molecule is CCc1c(C(=O)NCCCN2CC(C)CC(C)C2)cnn1-c1ccccn1. The number of nitrogens with zero attached hydrogens (tertiary/aromatic N) is 4. The van der Waals surface area contributed by atoms with Crippen LogP contribution in [0.15, 0.2) is 30.6 Å². The molecular weight excluding hydrogens is 338 g/mol. The minimum Gasteiger partial charge on any atom is -0.352 e. The third-order valence-corrected chi connectivity index (χ3v) is 5.20. The Morgan fingerprint density at radius 1 is 1.26 bits per heavy atom. The first-order valence-electron chi connectivity index (χ1n) is 10.1. The van der Waals surface area contributed by atoms with Crippen LogP contribution in [0.25, 0.3) is 5.82 Å². The van der Waals surface area contributed by atoms with Crippen LogP contribution in [-0.4, -0.2) is 51.8 Å². The monoisotopic (exact) mass is 369 g/mol. The first-order valence-corrected chi connectivity index (χ1v) is 10.1. The highest BCUT2D eigenvalue weighted by molar-refractivity contribution is 5.95. The topological polar surface area (TPSA) is 63.1 Å². The molecule has 27 heavy (non-hydrogen) atoms. The zero-order valence-corrected chi connectivity index (χ0v) is 16.7. The zero-order chi connectivity index (χ0) is 19.2. The highest BCUT2D eigenvalue weighted by atomic mass is 16.1. The van der Waals surface area contributed by atoms with E-state index in [9.17, 15) is 4.79 Å². The molecule has 2 aromatic rings. The summed E-state index contributed by atoms with van der Waals surface area (Å²) in [6.07, 6.45) is 6.41. The van der Waals surface area contributed by atoms with Crippen LogP contribution in [0.2, 0.25) is 0 Å². The standard InChI is InChI=1S/C21H31N5O/c1-4-19-18(13-24-26(19)20-8-5-6-9-22-20)21(27)23-10-7-11-25-14-16(2)12-17(3)15-25/h5-6,8-9,13,16-17H,4,7,10-12,14-15H2,1-3H3,(H,23,27). The number of amides is 1. The Morgan fingerprint density at radius 3 is 2.70 bits per heavy atom. The number of aromatic nitrogens is 3. The van der Waals surface area contributed by atoms with Crippen LogP contribution < -0.4 is 5.32 Å². The quantitative estimate of drug-likeness (QED) is 0.762. The molecule has 0 saturated carbocycles. The first kappa shape index (κ1) is 19.5. The van der Waals surface area contributed by atoms with E-state index in [2.05, 4.69) is 34.1 Å². The molecule has 6 heteroatoms. The van der Waals surface area contributed by atoms with Crippen molar-refractivity contribution in [1.29, 1.82) is 0 Å². The molecule has 1 saturated heterocycles. The van der Waals surface area contributed by atoms with Gasteiger partial charge < -0.3 is 10.2 Å². The van der Waals surface area contributed by atoms with Crippen molar-refractivity contribution in [1.82, 2.24) is 25.0 Å². The van der Waals surface area contributed by atoms with Crippen LogP contribution in [0.1, 0.15) is 49.7 Å². The highest BCUT2D eigenvalue weighted by Gasteiger charge is 2.21. The summed E-state index contributed by atoms with van der Waals surface area (Å²) in [6, 6.07) is 5.69. The second-order valence-corrected chi connectivity index (χ2v) is 7.77. The zero-order valence-electron chi connectivity index (χ0n) is 16.7. The third kappa shape index (κ3) is 4.95. The second kappa shape index (κ2) is 9.13. The second-order valence-electron chi connectivity index (χ2n) is 7.77. The first-order chi connectivity index (χ1) is 13.1. The lowest BCUT2D eigenvalue weighted by Crippen LogP contribution is -2.40. The van der Waals surface area contributed by atoms with Crippen molar-refractivity contribution in [2.75, 3.05) is 26.2 Å². The summed E-state index contributed by atoms with van der Waals surface area (Å²) < 4.78 is 1.76. The van der Waals surface area contributed by atoms with Crippen LogP contribution in [0, 0.1) is 11.8 Å². The van der Waals surface area contributed by atoms with E-state index in [1.165, 1.54) is 19.5 Å². The third-order valence-electron chi connectivity index (χ3n) is 5.20. The Labute approximate surface area is 162 Å². The molecule has 0 aromatic carbocycles. The number of carbonyl (C=O) groups is 1. The van der Waals surface area contributed by atoms with Gasteiger partial charge in [-0.3, -0.25) is 4.79 Å². The van der Waals surface area contributed by atoms with Gasteiger partial charge in [0.15, 0.2) is 5.82 Å². The molecule has 0 bridgehead atoms. The maximum atomic E-state index is 12.6. The predicted octanol–water partition coefficient (Wildman–Crippen LogP) is 2.93. The van der Waals surface area contributed by atoms with Gasteiger partial charge in [-0.15, -0.1) is 0 Å². The Hall–Kier alpha value is -2.21. The van der Waals surface area contributed by atoms with Gasteiger partial charge in [-0.2, -0.15) is 5.10 Å². The van der Waals surface area contributed by atoms with Crippen LogP contribution in [-0.2, 0) is 6.42 Å². The summed E-state index contributed by atoms with van der Waals surface area (Å²) in [5, 5.41) is 7.44. The highest BCUT2D eigenvalue weighted by Crippen LogP contribution is 2.20. The van der Waals surface area contributed by atoms with Crippen molar-refractivity contribution < 1.29 is 4.79 Å². The summed E-state index contributed by atoms with van der Waals surface area (Å²) in [5.41, 5.74) is 1.54. The summed E-state index contributed by atoms with van der Waals surface area (Å²) in [5.74, 6) is 2.23. The van der Waals surface area contributed by atoms with Gasteiger partial charge >= 0.3 is 0 Å². The number of piperidine rings is 1. The predicted molar refractivity (Wildman–Crippen MR) is 107 cm³/mol. The molecule has 2 unspecified atom stereocenters. The molecule has 2 aromatic heterocycles. The Bertz CT molecular complexity index is 732. The number of carbonyl (C=O) groups excluding carboxylic acids is 1. The summed E-state index contributed by atoms with van der Waals surface area (Å²) >= 11 is 0. The molecule has 0 aliphatic carbocycles. The van der Waals surface area contributed by atoms with E-state index in [0.717, 1.165) is 42.7 Å². The number of likely N-dealkylation sites (tertiary alicyclic amines) is 1. The van der Waals surface area contributed by atoms with Crippen molar-refractivity contribution >= 4 is 5.91 Å². The van der Waals surface area contributed by atoms with Gasteiger partial charge in [0, 0.05) is 25.8 Å². The van der Waals surface area contributed by atoms with Crippen molar-refractivity contribution in [2.45, 2.75) is 40.0 Å². The van der Waals surface area contributed by atoms with E-state index < -0.39 is 0 Å². The van der Waals surface area contributed by atoms with Gasteiger partial charge in [0.05, 0.1) is 17.5 Å². The molecule has 2 atom stereocenters. The lowest BCUT2D eigenvalue weighted by Gasteiger charge is -2.34. The van der Waals surface area contributed by atoms with Gasteiger partial charge in [-0.1, -0.05) is 26.8 Å². The molecule has 1 amide bonds. The normalized spacial score (nSPS) is 20.6. The average Bonchev–Trinajstić information content (AvgIpc) is 3.09. The molecule has 0 radical (unpaired) electrons. The van der Waals surface area contributed by atoms with Gasteiger partial charge in [0.2, 0.25) is 0 Å². The maximum Gasteiger partial charge on any atom is 0.254 e. The molecule has 0 spiro atoms. The molecule has 1 aliphatic heterocycles. The van der Waals surface area contributed by atoms with E-state index in [4.69, 9.17) is 0 Å². The van der Waals surface area contributed by atoms with Crippen molar-refractivity contribution in [2.24, 2.45) is 11.8 Å². The number of hydrogen-bond acceptors (Lipinski definition) is 4. The van der Waals surface area contributed by atoms with E-state index in [0.29, 0.717) is 12.1 Å². The molecular formula is C21H31N5O. The van der Waals surface area contributed by atoms with E-state index >= 15 is 0 Å². The van der Waals surface area contributed by atoms with Crippen LogP contribution in [0.4, 0.5) is 0 Å². The molecule has 146 valence electrons. The van der Waals surface area contributed by atoms with E-state index in [-0.39, 0.29) is 5.91 Å². The summed E-state index contributed by atoms with van der Waals surface area (Å²) in [6.45, 7) is 10.8. The van der Waals surface area contributed by atoms with E-state index in [1.807, 2.05) is 25.1 Å². The lowest BCUT2D eigenvalue weighted by atomic mass is 9.92. The summed E-state index contributed by atoms with van der Waals surface area (Å²) in [4.78, 5) is 19.5. The number of rotatable bonds is 7. The van der Waals surface area contributed by atoms with Gasteiger partial charge in [-0.25, -0.2) is 9.67 Å². The molecule has 1 fully saturated rings. The number of nitrogens with one attached hydrogen (secondary N) is 1. The maximum absolute atomic E-state index is 12.6. The summed E-state index contributed by atoms with van der Waals surface area (Å²) in [7, 11) is 0. The van der Waals surface area contributed by atoms with Crippen molar-refractivity contribution in [3.05, 3.63) is 41.9 Å². The molecule has 1 aliphatic rings. The Morgan fingerprint density at radius 2 is 2.04 bits per heavy atom. The van der Waals surface area contributed by atoms with Crippen molar-refractivity contribution in [3.8, 4) is 5.82 Å². The fourth-order valence-corrected chi connectivity index (χ4v) is 4.15. The smallest absolute Gasteiger partial charge is 0.254 e. The van der Waals surface area contributed by atoms with Gasteiger partial charge in [-0.05, 0) is 49.8 Å². The minimum absolute atomic E-state index is 0.0468.